The Morgan fingerprint density at radius 1 is 0.613 bits per heavy atom. The number of ether oxygens (including phenoxy) is 1. The zero-order valence-electron chi connectivity index (χ0n) is 20.9. The lowest BCUT2D eigenvalue weighted by molar-refractivity contribution is 0.0250. The maximum atomic E-state index is 12.3. The lowest BCUT2D eigenvalue weighted by Crippen LogP contribution is -2.29. The van der Waals surface area contributed by atoms with Gasteiger partial charge in [0.25, 0.3) is 0 Å². The molecule has 1 atom stereocenters. The number of unbranched alkanes of at least 4 members (excludes halogenated alkanes) is 17. The number of sulfone groups is 1. The van der Waals surface area contributed by atoms with Crippen molar-refractivity contribution in [1.82, 2.24) is 0 Å². The molecule has 0 aromatic carbocycles. The van der Waals surface area contributed by atoms with Crippen molar-refractivity contribution in [3.05, 3.63) is 0 Å². The first-order valence-corrected chi connectivity index (χ1v) is 15.3. The third kappa shape index (κ3) is 22.8. The highest BCUT2D eigenvalue weighted by Gasteiger charge is 2.19. The van der Waals surface area contributed by atoms with E-state index in [1.54, 1.807) is 0 Å². The van der Waals surface area contributed by atoms with Gasteiger partial charge in [0.15, 0.2) is 9.84 Å². The number of aliphatic hydroxyl groups excluding tert-OH is 1. The summed E-state index contributed by atoms with van der Waals surface area (Å²) in [4.78, 5) is 0. The molecule has 0 bridgehead atoms. The Kier molecular flexibility index (Phi) is 22.9. The minimum atomic E-state index is -3.15. The fourth-order valence-corrected chi connectivity index (χ4v) is 5.57. The van der Waals surface area contributed by atoms with Gasteiger partial charge in [-0.15, -0.1) is 0 Å². The molecule has 5 heteroatoms. The van der Waals surface area contributed by atoms with Crippen molar-refractivity contribution >= 4 is 9.84 Å². The molecule has 188 valence electrons. The van der Waals surface area contributed by atoms with Crippen LogP contribution in [0, 0.1) is 0 Å². The van der Waals surface area contributed by atoms with Crippen LogP contribution in [0.25, 0.3) is 0 Å². The molecule has 0 aliphatic carbocycles. The molecule has 0 saturated carbocycles. The lowest BCUT2D eigenvalue weighted by atomic mass is 10.1. The van der Waals surface area contributed by atoms with Gasteiger partial charge in [0.2, 0.25) is 0 Å². The van der Waals surface area contributed by atoms with Gasteiger partial charge in [-0.05, 0) is 12.8 Å². The molecular weight excluding hydrogens is 408 g/mol. The number of aliphatic hydroxyl groups is 1. The Morgan fingerprint density at radius 3 is 1.42 bits per heavy atom. The van der Waals surface area contributed by atoms with Crippen LogP contribution in [-0.2, 0) is 14.6 Å². The Balaban J connectivity index is 3.64. The Bertz CT molecular complexity index is 450. The second kappa shape index (κ2) is 23.0. The molecule has 0 aromatic heterocycles. The lowest BCUT2D eigenvalue weighted by Gasteiger charge is -2.15. The largest absolute Gasteiger partial charge is 0.394 e. The first-order valence-electron chi connectivity index (χ1n) is 13.5. The predicted molar refractivity (Wildman–Crippen MR) is 135 cm³/mol. The van der Waals surface area contributed by atoms with Crippen molar-refractivity contribution in [2.75, 3.05) is 24.7 Å². The van der Waals surface area contributed by atoms with Gasteiger partial charge in [-0.2, -0.15) is 0 Å². The zero-order chi connectivity index (χ0) is 23.0. The molecule has 1 N–H and O–H groups in total. The van der Waals surface area contributed by atoms with Gasteiger partial charge < -0.3 is 9.84 Å². The highest BCUT2D eigenvalue weighted by molar-refractivity contribution is 7.91. The van der Waals surface area contributed by atoms with Crippen molar-refractivity contribution in [1.29, 1.82) is 0 Å². The first-order chi connectivity index (χ1) is 15.1. The van der Waals surface area contributed by atoms with Crippen LogP contribution in [-0.4, -0.2) is 44.3 Å². The second-order valence-electron chi connectivity index (χ2n) is 9.30. The fourth-order valence-electron chi connectivity index (χ4n) is 3.99. The van der Waals surface area contributed by atoms with Gasteiger partial charge >= 0.3 is 0 Å². The van der Waals surface area contributed by atoms with Crippen LogP contribution in [0.3, 0.4) is 0 Å². The summed E-state index contributed by atoms with van der Waals surface area (Å²) in [6.07, 6.45) is 22.6. The second-order valence-corrected chi connectivity index (χ2v) is 11.5. The van der Waals surface area contributed by atoms with Crippen LogP contribution in [0.4, 0.5) is 0 Å². The van der Waals surface area contributed by atoms with E-state index in [0.29, 0.717) is 6.61 Å². The normalized spacial score (nSPS) is 13.0. The van der Waals surface area contributed by atoms with Crippen molar-refractivity contribution in [3.63, 3.8) is 0 Å². The molecule has 0 spiro atoms. The van der Waals surface area contributed by atoms with E-state index in [0.717, 1.165) is 32.1 Å². The van der Waals surface area contributed by atoms with Gasteiger partial charge in [-0.25, -0.2) is 8.42 Å². The molecule has 0 fully saturated rings. The highest BCUT2D eigenvalue weighted by atomic mass is 32.2. The van der Waals surface area contributed by atoms with Crippen LogP contribution in [0.2, 0.25) is 0 Å². The number of rotatable bonds is 25. The van der Waals surface area contributed by atoms with Crippen LogP contribution in [0.5, 0.6) is 0 Å². The monoisotopic (exact) mass is 462 g/mol. The van der Waals surface area contributed by atoms with E-state index in [9.17, 15) is 13.5 Å². The fraction of sp³-hybridized carbons (Fsp3) is 1.00. The molecule has 4 nitrogen and oxygen atoms in total. The van der Waals surface area contributed by atoms with Crippen molar-refractivity contribution < 1.29 is 18.3 Å². The van der Waals surface area contributed by atoms with Gasteiger partial charge in [-0.1, -0.05) is 123 Å². The number of hydrogen-bond acceptors (Lipinski definition) is 4. The van der Waals surface area contributed by atoms with Gasteiger partial charge in [0, 0.05) is 6.61 Å². The molecule has 1 unspecified atom stereocenters. The third-order valence-electron chi connectivity index (χ3n) is 6.05. The maximum absolute atomic E-state index is 12.3. The molecule has 0 heterocycles. The minimum Gasteiger partial charge on any atom is -0.394 e. The van der Waals surface area contributed by atoms with E-state index in [1.165, 1.54) is 89.9 Å². The van der Waals surface area contributed by atoms with E-state index >= 15 is 0 Å². The Hall–Kier alpha value is -0.130. The molecule has 0 amide bonds. The third-order valence-corrected chi connectivity index (χ3v) is 7.84. The first kappa shape index (κ1) is 30.9. The molecule has 0 aromatic rings. The summed E-state index contributed by atoms with van der Waals surface area (Å²) in [7, 11) is -3.15. The maximum Gasteiger partial charge on any atom is 0.152 e. The summed E-state index contributed by atoms with van der Waals surface area (Å²) < 4.78 is 30.3. The summed E-state index contributed by atoms with van der Waals surface area (Å²) in [6.45, 7) is 4.81. The van der Waals surface area contributed by atoms with Gasteiger partial charge in [0.1, 0.15) is 0 Å². The van der Waals surface area contributed by atoms with Crippen molar-refractivity contribution in [3.8, 4) is 0 Å². The molecule has 0 saturated heterocycles. The summed E-state index contributed by atoms with van der Waals surface area (Å²) in [5.41, 5.74) is 0. The quantitative estimate of drug-likeness (QED) is 0.145. The van der Waals surface area contributed by atoms with Crippen LogP contribution in [0.1, 0.15) is 136 Å². The molecule has 0 rings (SSSR count). The minimum absolute atomic E-state index is 0.0434. The summed E-state index contributed by atoms with van der Waals surface area (Å²) >= 11 is 0. The Morgan fingerprint density at radius 2 is 1.00 bits per heavy atom. The molecular formula is C26H54O4S. The zero-order valence-corrected chi connectivity index (χ0v) is 21.7. The highest BCUT2D eigenvalue weighted by Crippen LogP contribution is 2.13. The molecule has 0 aliphatic rings. The standard InChI is InChI=1S/C26H54O4S/c1-3-5-7-9-11-13-14-15-17-19-21-23-31(28,29)25-26(24-27)30-22-20-18-16-12-10-8-6-4-2/h26-27H,3-25H2,1-2H3. The predicted octanol–water partition coefficient (Wildman–Crippen LogP) is 7.23. The van der Waals surface area contributed by atoms with Gasteiger partial charge in [-0.3, -0.25) is 0 Å². The molecule has 0 aliphatic heterocycles. The van der Waals surface area contributed by atoms with E-state index in [-0.39, 0.29) is 18.1 Å². The molecule has 0 radical (unpaired) electrons. The SMILES string of the molecule is CCCCCCCCCCCCCS(=O)(=O)CC(CO)OCCCCCCCCCC. The summed E-state index contributed by atoms with van der Waals surface area (Å²) in [6, 6.07) is 0. The average Bonchev–Trinajstić information content (AvgIpc) is 2.75. The Labute approximate surface area is 194 Å². The van der Waals surface area contributed by atoms with Crippen molar-refractivity contribution in [2.45, 2.75) is 142 Å². The van der Waals surface area contributed by atoms with E-state index in [2.05, 4.69) is 13.8 Å². The topological polar surface area (TPSA) is 63.6 Å². The van der Waals surface area contributed by atoms with Crippen LogP contribution in [0.15, 0.2) is 0 Å². The summed E-state index contributed by atoms with van der Waals surface area (Å²) in [5.74, 6) is 0.180. The summed E-state index contributed by atoms with van der Waals surface area (Å²) in [5, 5.41) is 9.48. The van der Waals surface area contributed by atoms with E-state index < -0.39 is 15.9 Å². The van der Waals surface area contributed by atoms with E-state index in [4.69, 9.17) is 4.74 Å². The van der Waals surface area contributed by atoms with E-state index in [1.807, 2.05) is 0 Å². The van der Waals surface area contributed by atoms with Gasteiger partial charge in [0.05, 0.1) is 24.2 Å². The smallest absolute Gasteiger partial charge is 0.152 e. The number of hydrogen-bond donors (Lipinski definition) is 1. The van der Waals surface area contributed by atoms with Crippen LogP contribution < -0.4 is 0 Å². The van der Waals surface area contributed by atoms with Crippen LogP contribution >= 0.6 is 0 Å². The van der Waals surface area contributed by atoms with Crippen molar-refractivity contribution in [2.24, 2.45) is 0 Å². The molecule has 31 heavy (non-hydrogen) atoms. The average molecular weight is 463 g/mol.